The molecule has 0 spiro atoms. The predicted octanol–water partition coefficient (Wildman–Crippen LogP) is 2.69. The Hall–Kier alpha value is -2.93. The van der Waals surface area contributed by atoms with Crippen LogP contribution < -0.4 is 0 Å². The van der Waals surface area contributed by atoms with Crippen molar-refractivity contribution in [2.45, 2.75) is 19.4 Å². The van der Waals surface area contributed by atoms with Crippen LogP contribution in [-0.2, 0) is 27.3 Å². The topological polar surface area (TPSA) is 66.9 Å². The molecule has 1 aromatic heterocycles. The van der Waals surface area contributed by atoms with Gasteiger partial charge in [-0.1, -0.05) is 24.8 Å². The molecule has 7 heteroatoms. The van der Waals surface area contributed by atoms with Crippen molar-refractivity contribution in [1.29, 1.82) is 0 Å². The number of thiophene rings is 1. The number of hydrogen-bond donors (Lipinski definition) is 0. The van der Waals surface area contributed by atoms with Gasteiger partial charge >= 0.3 is 5.97 Å². The third kappa shape index (κ3) is 3.45. The molecular weight excluding hydrogens is 376 g/mol. The minimum absolute atomic E-state index is 0.0146. The van der Waals surface area contributed by atoms with Crippen LogP contribution in [0.3, 0.4) is 0 Å². The van der Waals surface area contributed by atoms with Gasteiger partial charge < -0.3 is 14.5 Å². The second kappa shape index (κ2) is 7.59. The van der Waals surface area contributed by atoms with E-state index in [9.17, 15) is 14.4 Å². The van der Waals surface area contributed by atoms with Gasteiger partial charge in [0.2, 0.25) is 0 Å². The van der Waals surface area contributed by atoms with Crippen LogP contribution in [0.25, 0.3) is 5.70 Å². The van der Waals surface area contributed by atoms with E-state index in [1.165, 1.54) is 15.3 Å². The summed E-state index contributed by atoms with van der Waals surface area (Å²) in [5.74, 6) is -0.859. The smallest absolute Gasteiger partial charge is 0.308 e. The summed E-state index contributed by atoms with van der Waals surface area (Å²) in [5, 5.41) is 2.03. The fourth-order valence-corrected chi connectivity index (χ4v) is 4.43. The number of hydrogen-bond acceptors (Lipinski definition) is 5. The van der Waals surface area contributed by atoms with Crippen LogP contribution >= 0.6 is 11.3 Å². The molecule has 6 nitrogen and oxygen atoms in total. The van der Waals surface area contributed by atoms with Crippen LogP contribution in [0.15, 0.2) is 42.3 Å². The highest BCUT2D eigenvalue weighted by molar-refractivity contribution is 7.10. The molecule has 0 saturated carbocycles. The maximum atomic E-state index is 12.4. The minimum Gasteiger partial charge on any atom is -0.456 e. The molecule has 0 N–H and O–H groups in total. The Labute approximate surface area is 167 Å². The van der Waals surface area contributed by atoms with Gasteiger partial charge in [0.1, 0.15) is 0 Å². The quantitative estimate of drug-likeness (QED) is 0.729. The Kier molecular flexibility index (Phi) is 5.00. The van der Waals surface area contributed by atoms with Crippen LogP contribution in [0.4, 0.5) is 0 Å². The fraction of sp³-hybridized carbons (Fsp3) is 0.286. The van der Waals surface area contributed by atoms with Gasteiger partial charge in [-0.25, -0.2) is 0 Å². The first-order chi connectivity index (χ1) is 13.5. The summed E-state index contributed by atoms with van der Waals surface area (Å²) >= 11 is 1.71. The molecule has 4 rings (SSSR count). The largest absolute Gasteiger partial charge is 0.456 e. The van der Waals surface area contributed by atoms with Gasteiger partial charge in [0.15, 0.2) is 6.61 Å². The number of fused-ring (bicyclic) bond motifs is 2. The molecular formula is C21H20N2O4S. The predicted molar refractivity (Wildman–Crippen MR) is 106 cm³/mol. The molecule has 2 amide bonds. The van der Waals surface area contributed by atoms with Crippen molar-refractivity contribution in [3.05, 3.63) is 63.9 Å². The van der Waals surface area contributed by atoms with E-state index in [1.54, 1.807) is 28.4 Å². The lowest BCUT2D eigenvalue weighted by Gasteiger charge is -2.26. The summed E-state index contributed by atoms with van der Waals surface area (Å²) in [6, 6.07) is 9.26. The van der Waals surface area contributed by atoms with Crippen LogP contribution in [0.2, 0.25) is 0 Å². The molecule has 2 aliphatic heterocycles. The van der Waals surface area contributed by atoms with Crippen molar-refractivity contribution in [3.8, 4) is 0 Å². The van der Waals surface area contributed by atoms with E-state index in [4.69, 9.17) is 4.74 Å². The van der Waals surface area contributed by atoms with Crippen LogP contribution in [0, 0.1) is 0 Å². The number of esters is 1. The van der Waals surface area contributed by atoms with Crippen LogP contribution in [0.1, 0.15) is 32.8 Å². The first-order valence-corrected chi connectivity index (χ1v) is 10.0. The average molecular weight is 396 g/mol. The van der Waals surface area contributed by atoms with Gasteiger partial charge in [-0.2, -0.15) is 0 Å². The Morgan fingerprint density at radius 2 is 1.96 bits per heavy atom. The molecule has 1 aromatic carbocycles. The van der Waals surface area contributed by atoms with Crippen LogP contribution in [0.5, 0.6) is 0 Å². The monoisotopic (exact) mass is 396 g/mol. The fourth-order valence-electron chi connectivity index (χ4n) is 3.54. The van der Waals surface area contributed by atoms with Gasteiger partial charge in [0.25, 0.3) is 11.8 Å². The summed E-state index contributed by atoms with van der Waals surface area (Å²) in [4.78, 5) is 41.3. The highest BCUT2D eigenvalue weighted by Gasteiger charge is 2.31. The van der Waals surface area contributed by atoms with Gasteiger partial charge in [-0.3, -0.25) is 14.4 Å². The van der Waals surface area contributed by atoms with E-state index < -0.39 is 5.97 Å². The Morgan fingerprint density at radius 3 is 2.75 bits per heavy atom. The summed E-state index contributed by atoms with van der Waals surface area (Å²) in [6.45, 7) is 5.07. The number of ether oxygens (including phenoxy) is 1. The van der Waals surface area contributed by atoms with Gasteiger partial charge in [0.05, 0.1) is 6.42 Å². The summed E-state index contributed by atoms with van der Waals surface area (Å²) in [7, 11) is 0. The molecule has 0 radical (unpaired) electrons. The second-order valence-corrected chi connectivity index (χ2v) is 7.79. The normalized spacial score (nSPS) is 15.4. The lowest BCUT2D eigenvalue weighted by Crippen LogP contribution is -2.38. The minimum atomic E-state index is -0.502. The van der Waals surface area contributed by atoms with Crippen molar-refractivity contribution < 1.29 is 19.1 Å². The molecule has 2 aliphatic rings. The lowest BCUT2D eigenvalue weighted by molar-refractivity contribution is -0.152. The first-order valence-electron chi connectivity index (χ1n) is 9.13. The molecule has 0 unspecified atom stereocenters. The van der Waals surface area contributed by atoms with E-state index in [2.05, 4.69) is 6.58 Å². The lowest BCUT2D eigenvalue weighted by atomic mass is 10.1. The molecule has 0 aliphatic carbocycles. The van der Waals surface area contributed by atoms with Crippen molar-refractivity contribution in [2.75, 3.05) is 19.7 Å². The van der Waals surface area contributed by atoms with Crippen LogP contribution in [-0.4, -0.2) is 47.3 Å². The maximum absolute atomic E-state index is 12.4. The van der Waals surface area contributed by atoms with Gasteiger partial charge in [0, 0.05) is 41.3 Å². The number of nitrogens with zero attached hydrogens (tertiary/aromatic N) is 2. The van der Waals surface area contributed by atoms with Crippen molar-refractivity contribution in [3.63, 3.8) is 0 Å². The molecule has 0 atom stereocenters. The number of amides is 2. The van der Waals surface area contributed by atoms with E-state index in [-0.39, 0.29) is 31.4 Å². The summed E-state index contributed by atoms with van der Waals surface area (Å²) < 4.78 is 5.14. The van der Waals surface area contributed by atoms with E-state index in [0.717, 1.165) is 12.0 Å². The maximum Gasteiger partial charge on any atom is 0.308 e. The van der Waals surface area contributed by atoms with E-state index in [0.29, 0.717) is 24.4 Å². The number of carbonyl (C=O) groups is 3. The second-order valence-electron chi connectivity index (χ2n) is 6.79. The van der Waals surface area contributed by atoms with E-state index in [1.807, 2.05) is 23.6 Å². The summed E-state index contributed by atoms with van der Waals surface area (Å²) in [5.41, 5.74) is 3.13. The Morgan fingerprint density at radius 1 is 1.18 bits per heavy atom. The zero-order valence-corrected chi connectivity index (χ0v) is 16.2. The Bertz CT molecular complexity index is 930. The molecule has 3 heterocycles. The average Bonchev–Trinajstić information content (AvgIpc) is 3.28. The van der Waals surface area contributed by atoms with Gasteiger partial charge in [-0.05, 0) is 29.5 Å². The molecule has 144 valence electrons. The third-order valence-corrected chi connectivity index (χ3v) is 6.12. The van der Waals surface area contributed by atoms with Crippen molar-refractivity contribution in [1.82, 2.24) is 9.80 Å². The molecule has 2 aromatic rings. The standard InChI is InChI=1S/C21H20N2O4S/c1-14-16-4-2-3-5-17(16)21(26)23(14)10-7-20(25)27-13-19(24)22-9-6-18-15(12-22)8-11-28-18/h2-5,8,11H,1,6-7,9-10,12-13H2. The molecule has 0 bridgehead atoms. The van der Waals surface area contributed by atoms with Gasteiger partial charge in [-0.15, -0.1) is 11.3 Å². The van der Waals surface area contributed by atoms with Crippen molar-refractivity contribution in [2.24, 2.45) is 0 Å². The first kappa shape index (κ1) is 18.4. The molecule has 28 heavy (non-hydrogen) atoms. The SMILES string of the molecule is C=C1c2ccccc2C(=O)N1CCC(=O)OCC(=O)N1CCc2sccc2C1. The number of benzene rings is 1. The molecule has 0 saturated heterocycles. The zero-order chi connectivity index (χ0) is 19.7. The highest BCUT2D eigenvalue weighted by atomic mass is 32.1. The molecule has 0 fully saturated rings. The van der Waals surface area contributed by atoms with Crippen molar-refractivity contribution >= 4 is 34.8 Å². The third-order valence-electron chi connectivity index (χ3n) is 5.10. The Balaban J connectivity index is 1.25. The highest BCUT2D eigenvalue weighted by Crippen LogP contribution is 2.31. The number of carbonyl (C=O) groups excluding carboxylic acids is 3. The summed E-state index contributed by atoms with van der Waals surface area (Å²) in [6.07, 6.45) is 0.854. The number of rotatable bonds is 5. The zero-order valence-electron chi connectivity index (χ0n) is 15.3. The van der Waals surface area contributed by atoms with E-state index >= 15 is 0 Å².